The molecular weight excluding hydrogens is 314 g/mol. The lowest BCUT2D eigenvalue weighted by molar-refractivity contribution is -0.139. The summed E-state index contributed by atoms with van der Waals surface area (Å²) in [7, 11) is 0. The van der Waals surface area contributed by atoms with Gasteiger partial charge in [-0.25, -0.2) is 4.98 Å². The second kappa shape index (κ2) is 9.35. The lowest BCUT2D eigenvalue weighted by Gasteiger charge is -2.06. The monoisotopic (exact) mass is 331 g/mol. The van der Waals surface area contributed by atoms with Crippen molar-refractivity contribution in [1.29, 1.82) is 0 Å². The molecule has 0 aromatic carbocycles. The van der Waals surface area contributed by atoms with Crippen LogP contribution in [-0.4, -0.2) is 40.9 Å². The molecule has 0 fully saturated rings. The summed E-state index contributed by atoms with van der Waals surface area (Å²) in [4.78, 5) is 38.2. The Balaban J connectivity index is 2.14. The van der Waals surface area contributed by atoms with Crippen LogP contribution >= 0.6 is 23.1 Å². The fourth-order valence-electron chi connectivity index (χ4n) is 1.27. The van der Waals surface area contributed by atoms with Crippen molar-refractivity contribution in [2.45, 2.75) is 20.3 Å². The highest BCUT2D eigenvalue weighted by molar-refractivity contribution is 8.00. The average molecular weight is 331 g/mol. The van der Waals surface area contributed by atoms with Gasteiger partial charge in [0.25, 0.3) is 0 Å². The van der Waals surface area contributed by atoms with E-state index in [2.05, 4.69) is 15.8 Å². The Morgan fingerprint density at radius 2 is 2.00 bits per heavy atom. The van der Waals surface area contributed by atoms with Gasteiger partial charge in [0, 0.05) is 11.1 Å². The number of esters is 1. The number of nitrogens with one attached hydrogen (secondary N) is 2. The van der Waals surface area contributed by atoms with Crippen LogP contribution in [0.25, 0.3) is 0 Å². The lowest BCUT2D eigenvalue weighted by Crippen LogP contribution is -2.43. The van der Waals surface area contributed by atoms with Crippen molar-refractivity contribution in [3.8, 4) is 0 Å². The first-order valence-electron chi connectivity index (χ1n) is 6.23. The van der Waals surface area contributed by atoms with E-state index in [9.17, 15) is 14.4 Å². The summed E-state index contributed by atoms with van der Waals surface area (Å²) in [5.74, 6) is -0.914. The van der Waals surface area contributed by atoms with Crippen molar-refractivity contribution in [3.05, 3.63) is 16.1 Å². The summed E-state index contributed by atoms with van der Waals surface area (Å²) in [6, 6.07) is 0. The summed E-state index contributed by atoms with van der Waals surface area (Å²) in [6.07, 6.45) is 0.120. The third-order valence-electron chi connectivity index (χ3n) is 2.08. The minimum atomic E-state index is -0.382. The molecule has 0 aliphatic rings. The SMILES string of the molecule is CCOC(=O)CSCC(=O)NNC(=O)Cc1nc(C)cs1. The highest BCUT2D eigenvalue weighted by Gasteiger charge is 2.09. The standard InChI is InChI=1S/C12H17N3O4S2/c1-3-19-12(18)7-20-6-10(17)15-14-9(16)4-11-13-8(2)5-21-11/h5H,3-4,6-7H2,1-2H3,(H,14,16)(H,15,17). The first-order chi connectivity index (χ1) is 10.0. The summed E-state index contributed by atoms with van der Waals surface area (Å²) < 4.78 is 4.72. The van der Waals surface area contributed by atoms with Crippen LogP contribution < -0.4 is 10.9 Å². The Hall–Kier alpha value is -1.61. The summed E-state index contributed by atoms with van der Waals surface area (Å²) in [6.45, 7) is 3.88. The van der Waals surface area contributed by atoms with E-state index in [-0.39, 0.29) is 35.7 Å². The van der Waals surface area contributed by atoms with Gasteiger partial charge < -0.3 is 4.74 Å². The predicted octanol–water partition coefficient (Wildman–Crippen LogP) is 0.438. The van der Waals surface area contributed by atoms with Gasteiger partial charge in [-0.2, -0.15) is 0 Å². The number of carbonyl (C=O) groups is 3. The maximum absolute atomic E-state index is 11.6. The minimum absolute atomic E-state index is 0.0649. The number of thioether (sulfide) groups is 1. The number of nitrogens with zero attached hydrogens (tertiary/aromatic N) is 1. The first kappa shape index (κ1) is 17.4. The number of amides is 2. The molecular formula is C12H17N3O4S2. The van der Waals surface area contributed by atoms with E-state index in [1.54, 1.807) is 6.92 Å². The Morgan fingerprint density at radius 1 is 1.29 bits per heavy atom. The van der Waals surface area contributed by atoms with E-state index in [4.69, 9.17) is 4.74 Å². The molecule has 0 saturated carbocycles. The van der Waals surface area contributed by atoms with E-state index < -0.39 is 0 Å². The zero-order valence-electron chi connectivity index (χ0n) is 11.8. The third kappa shape index (κ3) is 7.66. The Morgan fingerprint density at radius 3 is 2.62 bits per heavy atom. The van der Waals surface area contributed by atoms with Gasteiger partial charge in [0.05, 0.1) is 24.5 Å². The Bertz CT molecular complexity index is 504. The number of rotatable bonds is 7. The van der Waals surface area contributed by atoms with E-state index in [0.717, 1.165) is 17.5 Å². The van der Waals surface area contributed by atoms with Crippen molar-refractivity contribution >= 4 is 40.9 Å². The summed E-state index contributed by atoms with van der Waals surface area (Å²) >= 11 is 2.51. The summed E-state index contributed by atoms with van der Waals surface area (Å²) in [5.41, 5.74) is 5.45. The molecule has 1 aromatic rings. The Labute approximate surface area is 130 Å². The molecule has 2 N–H and O–H groups in total. The molecule has 9 heteroatoms. The predicted molar refractivity (Wildman–Crippen MR) is 80.8 cm³/mol. The third-order valence-corrected chi connectivity index (χ3v) is 3.95. The largest absolute Gasteiger partial charge is 0.465 e. The molecule has 0 aliphatic heterocycles. The topological polar surface area (TPSA) is 97.4 Å². The van der Waals surface area contributed by atoms with Gasteiger partial charge in [-0.1, -0.05) is 0 Å². The van der Waals surface area contributed by atoms with Crippen molar-refractivity contribution in [2.24, 2.45) is 0 Å². The molecule has 7 nitrogen and oxygen atoms in total. The number of ether oxygens (including phenoxy) is 1. The van der Waals surface area contributed by atoms with Gasteiger partial charge >= 0.3 is 5.97 Å². The van der Waals surface area contributed by atoms with Gasteiger partial charge in [-0.3, -0.25) is 25.2 Å². The quantitative estimate of drug-likeness (QED) is 0.556. The number of aromatic nitrogens is 1. The van der Waals surface area contributed by atoms with Crippen molar-refractivity contribution < 1.29 is 19.1 Å². The zero-order chi connectivity index (χ0) is 15.7. The minimum Gasteiger partial charge on any atom is -0.465 e. The normalized spacial score (nSPS) is 10.0. The lowest BCUT2D eigenvalue weighted by atomic mass is 10.4. The van der Waals surface area contributed by atoms with E-state index in [0.29, 0.717) is 11.6 Å². The van der Waals surface area contributed by atoms with Gasteiger partial charge in [0.1, 0.15) is 5.01 Å². The number of hydrogen-bond acceptors (Lipinski definition) is 7. The molecule has 21 heavy (non-hydrogen) atoms. The average Bonchev–Trinajstić information content (AvgIpc) is 2.82. The molecule has 116 valence electrons. The van der Waals surface area contributed by atoms with Crippen molar-refractivity contribution in [3.63, 3.8) is 0 Å². The van der Waals surface area contributed by atoms with Gasteiger partial charge in [-0.05, 0) is 13.8 Å². The van der Waals surface area contributed by atoms with Crippen LogP contribution in [0.4, 0.5) is 0 Å². The van der Waals surface area contributed by atoms with Gasteiger partial charge in [-0.15, -0.1) is 23.1 Å². The zero-order valence-corrected chi connectivity index (χ0v) is 13.4. The van der Waals surface area contributed by atoms with Gasteiger partial charge in [0.2, 0.25) is 11.8 Å². The smallest absolute Gasteiger partial charge is 0.315 e. The number of thiazole rings is 1. The second-order valence-electron chi connectivity index (χ2n) is 3.95. The van der Waals surface area contributed by atoms with E-state index >= 15 is 0 Å². The van der Waals surface area contributed by atoms with Crippen LogP contribution in [0.3, 0.4) is 0 Å². The molecule has 0 aliphatic carbocycles. The molecule has 1 rings (SSSR count). The number of carbonyl (C=O) groups excluding carboxylic acids is 3. The van der Waals surface area contributed by atoms with Crippen molar-refractivity contribution in [1.82, 2.24) is 15.8 Å². The second-order valence-corrected chi connectivity index (χ2v) is 5.88. The van der Waals surface area contributed by atoms with E-state index in [1.807, 2.05) is 12.3 Å². The van der Waals surface area contributed by atoms with Crippen molar-refractivity contribution in [2.75, 3.05) is 18.1 Å². The number of hydrazine groups is 1. The fraction of sp³-hybridized carbons (Fsp3) is 0.500. The van der Waals surface area contributed by atoms with E-state index in [1.165, 1.54) is 11.3 Å². The highest BCUT2D eigenvalue weighted by Crippen LogP contribution is 2.08. The summed E-state index contributed by atoms with van der Waals surface area (Å²) in [5, 5.41) is 2.55. The van der Waals surface area contributed by atoms with Crippen LogP contribution in [0.1, 0.15) is 17.6 Å². The van der Waals surface area contributed by atoms with Crippen LogP contribution in [0.5, 0.6) is 0 Å². The number of hydrogen-bond donors (Lipinski definition) is 2. The maximum Gasteiger partial charge on any atom is 0.315 e. The number of aryl methyl sites for hydroxylation is 1. The highest BCUT2D eigenvalue weighted by atomic mass is 32.2. The molecule has 0 atom stereocenters. The van der Waals surface area contributed by atoms with Crippen LogP contribution in [-0.2, 0) is 25.5 Å². The first-order valence-corrected chi connectivity index (χ1v) is 8.26. The molecule has 2 amide bonds. The molecule has 0 bridgehead atoms. The molecule has 1 aromatic heterocycles. The molecule has 1 heterocycles. The Kier molecular flexibility index (Phi) is 7.76. The fourth-order valence-corrected chi connectivity index (χ4v) is 2.65. The van der Waals surface area contributed by atoms with Crippen LogP contribution in [0, 0.1) is 6.92 Å². The van der Waals surface area contributed by atoms with Crippen LogP contribution in [0.15, 0.2) is 5.38 Å². The maximum atomic E-state index is 11.6. The van der Waals surface area contributed by atoms with Crippen LogP contribution in [0.2, 0.25) is 0 Å². The molecule has 0 radical (unpaired) electrons. The molecule has 0 saturated heterocycles. The molecule has 0 spiro atoms. The molecule has 0 unspecified atom stereocenters. The van der Waals surface area contributed by atoms with Gasteiger partial charge in [0.15, 0.2) is 0 Å².